The molecule has 2 aromatic heterocycles. The smallest absolute Gasteiger partial charge is 0.303 e. The summed E-state index contributed by atoms with van der Waals surface area (Å²) in [6.07, 6.45) is 6.26. The van der Waals surface area contributed by atoms with E-state index in [9.17, 15) is 10.1 Å². The molecule has 3 heterocycles. The number of carbonyl (C=O) groups excluding carboxylic acids is 1. The number of rotatable bonds is 5. The van der Waals surface area contributed by atoms with E-state index < -0.39 is 0 Å². The van der Waals surface area contributed by atoms with E-state index in [0.717, 1.165) is 44.3 Å². The molecule has 1 aliphatic heterocycles. The fourth-order valence-electron chi connectivity index (χ4n) is 4.53. The molecule has 2 aromatic rings. The van der Waals surface area contributed by atoms with Crippen LogP contribution in [0, 0.1) is 11.3 Å². The summed E-state index contributed by atoms with van der Waals surface area (Å²) in [5, 5.41) is 21.4. The quantitative estimate of drug-likeness (QED) is 0.670. The molecule has 0 bridgehead atoms. The summed E-state index contributed by atoms with van der Waals surface area (Å²) < 4.78 is 7.23. The molecule has 0 spiro atoms. The normalized spacial score (nSPS) is 22.5. The number of hydrogen-bond donors (Lipinski definition) is 2. The second kappa shape index (κ2) is 8.96. The largest absolute Gasteiger partial charge is 0.459 e. The van der Waals surface area contributed by atoms with Gasteiger partial charge in [0.15, 0.2) is 0 Å². The van der Waals surface area contributed by atoms with Gasteiger partial charge in [0.1, 0.15) is 17.7 Å². The van der Waals surface area contributed by atoms with Crippen molar-refractivity contribution >= 4 is 41.4 Å². The summed E-state index contributed by atoms with van der Waals surface area (Å²) in [4.78, 5) is 15.8. The van der Waals surface area contributed by atoms with Gasteiger partial charge in [0.25, 0.3) is 0 Å². The number of hydrogen-bond acceptors (Lipinski definition) is 7. The van der Waals surface area contributed by atoms with Gasteiger partial charge in [0, 0.05) is 18.9 Å². The van der Waals surface area contributed by atoms with Crippen LogP contribution in [0.15, 0.2) is 6.20 Å². The fourth-order valence-corrected chi connectivity index (χ4v) is 4.79. The minimum absolute atomic E-state index is 0. The summed E-state index contributed by atoms with van der Waals surface area (Å²) in [6.45, 7) is 4.95. The van der Waals surface area contributed by atoms with Crippen LogP contribution in [0.1, 0.15) is 57.2 Å². The van der Waals surface area contributed by atoms with Gasteiger partial charge in [-0.1, -0.05) is 24.9 Å². The van der Waals surface area contributed by atoms with Gasteiger partial charge in [-0.15, -0.1) is 17.5 Å². The summed E-state index contributed by atoms with van der Waals surface area (Å²) >= 11 is 6.52. The Bertz CT molecular complexity index is 976. The SMILES string of the molecule is CCC1(c2c(C#N)c(Cl)c3cnc(N[C@@H]4CCNC[C@H]4OC(C)=O)nn23)CCC1.Cl. The first-order valence-corrected chi connectivity index (χ1v) is 10.5. The van der Waals surface area contributed by atoms with E-state index in [1.807, 2.05) is 0 Å². The number of ether oxygens (including phenoxy) is 1. The summed E-state index contributed by atoms with van der Waals surface area (Å²) in [6, 6.07) is 2.19. The number of nitrogens with one attached hydrogen (secondary N) is 2. The lowest BCUT2D eigenvalue weighted by Crippen LogP contribution is -2.50. The Morgan fingerprint density at radius 2 is 2.30 bits per heavy atom. The van der Waals surface area contributed by atoms with Crippen LogP contribution in [0.3, 0.4) is 0 Å². The van der Waals surface area contributed by atoms with Crippen molar-refractivity contribution < 1.29 is 9.53 Å². The second-order valence-electron chi connectivity index (χ2n) is 7.91. The minimum atomic E-state index is -0.310. The highest BCUT2D eigenvalue weighted by Crippen LogP contribution is 2.49. The summed E-state index contributed by atoms with van der Waals surface area (Å²) in [5.41, 5.74) is 1.97. The van der Waals surface area contributed by atoms with Crippen molar-refractivity contribution in [2.75, 3.05) is 18.4 Å². The molecule has 1 saturated heterocycles. The molecule has 2 atom stereocenters. The summed E-state index contributed by atoms with van der Waals surface area (Å²) in [7, 11) is 0. The molecule has 1 aliphatic carbocycles. The van der Waals surface area contributed by atoms with Crippen LogP contribution in [0.5, 0.6) is 0 Å². The van der Waals surface area contributed by atoms with Crippen molar-refractivity contribution in [3.8, 4) is 6.07 Å². The van der Waals surface area contributed by atoms with E-state index in [1.165, 1.54) is 6.92 Å². The van der Waals surface area contributed by atoms with Crippen molar-refractivity contribution in [2.45, 2.75) is 63.5 Å². The zero-order valence-corrected chi connectivity index (χ0v) is 18.6. The van der Waals surface area contributed by atoms with Crippen LogP contribution in [0.4, 0.5) is 5.95 Å². The maximum atomic E-state index is 11.4. The van der Waals surface area contributed by atoms with Crippen LogP contribution >= 0.6 is 24.0 Å². The monoisotopic (exact) mass is 452 g/mol. The van der Waals surface area contributed by atoms with Crippen molar-refractivity contribution in [1.29, 1.82) is 5.26 Å². The molecular weight excluding hydrogens is 427 g/mol. The molecule has 10 heteroatoms. The molecular formula is C20H26Cl2N6O2. The molecule has 8 nitrogen and oxygen atoms in total. The number of carbonyl (C=O) groups is 1. The number of nitrogens with zero attached hydrogens (tertiary/aromatic N) is 4. The average molecular weight is 453 g/mol. The molecule has 2 aliphatic rings. The number of fused-ring (bicyclic) bond motifs is 1. The Balaban J connectivity index is 0.00000256. The van der Waals surface area contributed by atoms with E-state index in [2.05, 4.69) is 28.6 Å². The first-order chi connectivity index (χ1) is 14.0. The van der Waals surface area contributed by atoms with Gasteiger partial charge in [-0.25, -0.2) is 9.50 Å². The zero-order valence-electron chi connectivity index (χ0n) is 17.1. The molecule has 4 rings (SSSR count). The standard InChI is InChI=1S/C20H25ClN6O2.ClH/c1-3-20(6-4-7-20)18-13(9-22)17(21)15-10-24-19(26-27(15)18)25-14-5-8-23-11-16(14)29-12(2)28;/h10,14,16,23H,3-8,11H2,1-2H3,(H,25,26);1H/t14-,16-;/m1./s1. The highest BCUT2D eigenvalue weighted by atomic mass is 35.5. The first-order valence-electron chi connectivity index (χ1n) is 10.1. The highest BCUT2D eigenvalue weighted by Gasteiger charge is 2.42. The Morgan fingerprint density at radius 3 is 2.90 bits per heavy atom. The van der Waals surface area contributed by atoms with Crippen LogP contribution in [-0.4, -0.2) is 45.8 Å². The number of anilines is 1. The van der Waals surface area contributed by atoms with Gasteiger partial charge < -0.3 is 15.4 Å². The van der Waals surface area contributed by atoms with Crippen molar-refractivity contribution in [3.63, 3.8) is 0 Å². The molecule has 0 unspecified atom stereocenters. The van der Waals surface area contributed by atoms with Crippen LogP contribution in [0.2, 0.25) is 5.02 Å². The third-order valence-corrected chi connectivity index (χ3v) is 6.67. The molecule has 2 fully saturated rings. The average Bonchev–Trinajstić information content (AvgIpc) is 2.94. The van der Waals surface area contributed by atoms with Gasteiger partial charge in [-0.2, -0.15) is 5.26 Å². The molecule has 0 amide bonds. The Kier molecular flexibility index (Phi) is 6.75. The van der Waals surface area contributed by atoms with E-state index in [-0.39, 0.29) is 35.9 Å². The van der Waals surface area contributed by atoms with Crippen molar-refractivity contribution in [1.82, 2.24) is 19.9 Å². The van der Waals surface area contributed by atoms with Gasteiger partial charge in [0.05, 0.1) is 28.5 Å². The predicted molar refractivity (Wildman–Crippen MR) is 116 cm³/mol. The van der Waals surface area contributed by atoms with E-state index in [0.29, 0.717) is 28.6 Å². The zero-order chi connectivity index (χ0) is 20.6. The van der Waals surface area contributed by atoms with E-state index in [4.69, 9.17) is 21.4 Å². The van der Waals surface area contributed by atoms with Crippen LogP contribution < -0.4 is 10.6 Å². The molecule has 1 saturated carbocycles. The number of halogens is 2. The third-order valence-electron chi connectivity index (χ3n) is 6.28. The lowest BCUT2D eigenvalue weighted by Gasteiger charge is -2.41. The first kappa shape index (κ1) is 22.6. The number of aromatic nitrogens is 3. The maximum Gasteiger partial charge on any atom is 0.303 e. The maximum absolute atomic E-state index is 11.4. The number of esters is 1. The topological polar surface area (TPSA) is 104 Å². The summed E-state index contributed by atoms with van der Waals surface area (Å²) in [5.74, 6) is 0.124. The molecule has 0 aromatic carbocycles. The molecule has 2 N–H and O–H groups in total. The molecule has 30 heavy (non-hydrogen) atoms. The Hall–Kier alpha value is -2.08. The Morgan fingerprint density at radius 1 is 1.53 bits per heavy atom. The van der Waals surface area contributed by atoms with Gasteiger partial charge in [-0.3, -0.25) is 4.79 Å². The fraction of sp³-hybridized carbons (Fsp3) is 0.600. The Labute approximate surface area is 186 Å². The lowest BCUT2D eigenvalue weighted by atomic mass is 9.64. The van der Waals surface area contributed by atoms with E-state index in [1.54, 1.807) is 10.7 Å². The van der Waals surface area contributed by atoms with Gasteiger partial charge in [0.2, 0.25) is 5.95 Å². The van der Waals surface area contributed by atoms with Crippen LogP contribution in [0.25, 0.3) is 5.52 Å². The second-order valence-corrected chi connectivity index (χ2v) is 8.29. The highest BCUT2D eigenvalue weighted by molar-refractivity contribution is 6.35. The molecule has 0 radical (unpaired) electrons. The molecule has 162 valence electrons. The van der Waals surface area contributed by atoms with Gasteiger partial charge >= 0.3 is 5.97 Å². The minimum Gasteiger partial charge on any atom is -0.459 e. The lowest BCUT2D eigenvalue weighted by molar-refractivity contribution is -0.147. The van der Waals surface area contributed by atoms with Crippen LogP contribution in [-0.2, 0) is 14.9 Å². The van der Waals surface area contributed by atoms with E-state index >= 15 is 0 Å². The van der Waals surface area contributed by atoms with Crippen molar-refractivity contribution in [2.24, 2.45) is 0 Å². The predicted octanol–water partition coefficient (Wildman–Crippen LogP) is 3.21. The number of piperidine rings is 1. The van der Waals surface area contributed by atoms with Crippen molar-refractivity contribution in [3.05, 3.63) is 22.5 Å². The van der Waals surface area contributed by atoms with Gasteiger partial charge in [-0.05, 0) is 32.2 Å². The number of nitriles is 1. The third kappa shape index (κ3) is 3.82.